The topological polar surface area (TPSA) is 76.4 Å². The van der Waals surface area contributed by atoms with Gasteiger partial charge in [-0.15, -0.1) is 0 Å². The van der Waals surface area contributed by atoms with Crippen LogP contribution in [0, 0.1) is 5.82 Å². The smallest absolute Gasteiger partial charge is 0.296 e. The Balaban J connectivity index is 1.13. The van der Waals surface area contributed by atoms with Crippen molar-refractivity contribution in [1.29, 1.82) is 0 Å². The molecular formula is C20H16Cl2FN3O3. The van der Waals surface area contributed by atoms with E-state index in [4.69, 9.17) is 32.4 Å². The fourth-order valence-electron chi connectivity index (χ4n) is 4.28. The van der Waals surface area contributed by atoms with Crippen molar-refractivity contribution in [2.75, 3.05) is 11.9 Å². The summed E-state index contributed by atoms with van der Waals surface area (Å²) in [6, 6.07) is 9.81. The number of nitrogens with zero attached hydrogens (tertiary/aromatic N) is 1. The molecule has 0 saturated heterocycles. The summed E-state index contributed by atoms with van der Waals surface area (Å²) in [5.41, 5.74) is 1.03. The van der Waals surface area contributed by atoms with Crippen molar-refractivity contribution in [3.63, 3.8) is 0 Å². The van der Waals surface area contributed by atoms with Crippen molar-refractivity contribution >= 4 is 46.2 Å². The predicted molar refractivity (Wildman–Crippen MR) is 107 cm³/mol. The number of carbonyl (C=O) groups excluding carboxylic acids is 1. The van der Waals surface area contributed by atoms with Crippen molar-refractivity contribution in [3.05, 3.63) is 52.3 Å². The number of anilines is 1. The van der Waals surface area contributed by atoms with Crippen molar-refractivity contribution in [2.45, 2.75) is 30.3 Å². The summed E-state index contributed by atoms with van der Waals surface area (Å²) >= 11 is 11.6. The molecule has 9 heteroatoms. The third kappa shape index (κ3) is 3.38. The first-order valence-electron chi connectivity index (χ1n) is 9.07. The number of fused-ring (bicyclic) bond motifs is 1. The van der Waals surface area contributed by atoms with E-state index in [1.165, 1.54) is 12.1 Å². The number of amides is 1. The summed E-state index contributed by atoms with van der Waals surface area (Å²) in [4.78, 5) is 16.6. The van der Waals surface area contributed by atoms with Gasteiger partial charge in [0.2, 0.25) is 0 Å². The first-order valence-corrected chi connectivity index (χ1v) is 9.83. The van der Waals surface area contributed by atoms with E-state index in [1.54, 1.807) is 18.2 Å². The molecule has 1 amide bonds. The van der Waals surface area contributed by atoms with Gasteiger partial charge in [0.1, 0.15) is 17.1 Å². The number of hydrogen-bond acceptors (Lipinski definition) is 5. The normalized spacial score (nSPS) is 24.5. The van der Waals surface area contributed by atoms with E-state index in [0.717, 1.165) is 25.3 Å². The summed E-state index contributed by atoms with van der Waals surface area (Å²) < 4.78 is 24.5. The van der Waals surface area contributed by atoms with Gasteiger partial charge in [-0.25, -0.2) is 4.39 Å². The second-order valence-electron chi connectivity index (χ2n) is 7.76. The first-order chi connectivity index (χ1) is 13.8. The van der Waals surface area contributed by atoms with Gasteiger partial charge in [0, 0.05) is 22.2 Å². The second kappa shape index (κ2) is 6.50. The third-order valence-corrected chi connectivity index (χ3v) is 5.96. The molecule has 3 aliphatic rings. The molecule has 3 aliphatic carbocycles. The van der Waals surface area contributed by atoms with Gasteiger partial charge in [-0.3, -0.25) is 4.79 Å². The Bertz CT molecular complexity index is 1110. The van der Waals surface area contributed by atoms with Gasteiger partial charge < -0.3 is 19.8 Å². The number of carbonyl (C=O) groups is 1. The van der Waals surface area contributed by atoms with Gasteiger partial charge in [-0.05, 0) is 49.6 Å². The molecule has 2 aromatic carbocycles. The molecule has 2 N–H and O–H groups in total. The van der Waals surface area contributed by atoms with E-state index in [1.807, 2.05) is 0 Å². The van der Waals surface area contributed by atoms with Gasteiger partial charge in [-0.1, -0.05) is 23.2 Å². The minimum atomic E-state index is -0.585. The fourth-order valence-corrected chi connectivity index (χ4v) is 4.57. The molecule has 0 unspecified atom stereocenters. The Morgan fingerprint density at radius 2 is 1.97 bits per heavy atom. The standard InChI is InChI=1S/C20H16Cl2FN3O3/c21-11-1-4-16-15(5-11)24-18(29-16)26-20-8-19(9-20,10-20)25-17(27)7-28-12-2-3-13(22)14(23)6-12/h1-6H,7-10H2,(H,24,26)(H,25,27). The Morgan fingerprint density at radius 3 is 2.72 bits per heavy atom. The summed E-state index contributed by atoms with van der Waals surface area (Å²) in [6.45, 7) is -0.185. The molecule has 3 fully saturated rings. The van der Waals surface area contributed by atoms with Crippen molar-refractivity contribution in [1.82, 2.24) is 10.3 Å². The SMILES string of the molecule is O=C(COc1ccc(Cl)c(F)c1)NC12CC(Nc3nc4cc(Cl)ccc4o3)(C1)C2. The largest absolute Gasteiger partial charge is 0.484 e. The Labute approximate surface area is 175 Å². The minimum Gasteiger partial charge on any atom is -0.484 e. The zero-order valence-corrected chi connectivity index (χ0v) is 16.6. The summed E-state index contributed by atoms with van der Waals surface area (Å²) in [6.07, 6.45) is 2.34. The van der Waals surface area contributed by atoms with Gasteiger partial charge in [0.25, 0.3) is 11.9 Å². The highest BCUT2D eigenvalue weighted by Crippen LogP contribution is 2.61. The lowest BCUT2D eigenvalue weighted by Crippen LogP contribution is -2.81. The molecule has 3 saturated carbocycles. The van der Waals surface area contributed by atoms with E-state index >= 15 is 0 Å². The van der Waals surface area contributed by atoms with Crippen LogP contribution in [0.3, 0.4) is 0 Å². The number of nitrogens with one attached hydrogen (secondary N) is 2. The van der Waals surface area contributed by atoms with Crippen molar-refractivity contribution in [3.8, 4) is 5.75 Å². The van der Waals surface area contributed by atoms with E-state index in [0.29, 0.717) is 22.1 Å². The molecule has 0 atom stereocenters. The molecule has 6 rings (SSSR count). The minimum absolute atomic E-state index is 0.00973. The van der Waals surface area contributed by atoms with E-state index in [9.17, 15) is 9.18 Å². The number of benzene rings is 2. The Hall–Kier alpha value is -2.51. The number of ether oxygens (including phenoxy) is 1. The van der Waals surface area contributed by atoms with Crippen LogP contribution in [0.5, 0.6) is 5.75 Å². The van der Waals surface area contributed by atoms with Gasteiger partial charge in [-0.2, -0.15) is 4.98 Å². The maximum Gasteiger partial charge on any atom is 0.296 e. The van der Waals surface area contributed by atoms with Gasteiger partial charge >= 0.3 is 0 Å². The molecule has 2 bridgehead atoms. The molecule has 3 aromatic rings. The highest BCUT2D eigenvalue weighted by molar-refractivity contribution is 6.31. The summed E-state index contributed by atoms with van der Waals surface area (Å²) in [5.74, 6) is -0.572. The highest BCUT2D eigenvalue weighted by Gasteiger charge is 2.69. The van der Waals surface area contributed by atoms with Crippen LogP contribution in [0.4, 0.5) is 10.4 Å². The van der Waals surface area contributed by atoms with Crippen LogP contribution in [0.15, 0.2) is 40.8 Å². The van der Waals surface area contributed by atoms with E-state index in [-0.39, 0.29) is 34.4 Å². The van der Waals surface area contributed by atoms with Crippen LogP contribution in [-0.2, 0) is 4.79 Å². The van der Waals surface area contributed by atoms with Crippen LogP contribution in [0.1, 0.15) is 19.3 Å². The molecule has 6 nitrogen and oxygen atoms in total. The van der Waals surface area contributed by atoms with E-state index in [2.05, 4.69) is 15.6 Å². The molecule has 0 spiro atoms. The van der Waals surface area contributed by atoms with Crippen LogP contribution >= 0.6 is 23.2 Å². The average Bonchev–Trinajstić information content (AvgIpc) is 3.01. The molecule has 29 heavy (non-hydrogen) atoms. The maximum absolute atomic E-state index is 13.4. The first kappa shape index (κ1) is 18.5. The monoisotopic (exact) mass is 435 g/mol. The lowest BCUT2D eigenvalue weighted by atomic mass is 9.44. The van der Waals surface area contributed by atoms with Crippen molar-refractivity contribution in [2.24, 2.45) is 0 Å². The number of halogens is 3. The maximum atomic E-state index is 13.4. The number of oxazole rings is 1. The highest BCUT2D eigenvalue weighted by atomic mass is 35.5. The molecular weight excluding hydrogens is 420 g/mol. The molecule has 1 aromatic heterocycles. The molecule has 150 valence electrons. The molecule has 1 heterocycles. The number of aromatic nitrogens is 1. The Kier molecular flexibility index (Phi) is 4.15. The molecule has 0 radical (unpaired) electrons. The lowest BCUT2D eigenvalue weighted by Gasteiger charge is -2.70. The predicted octanol–water partition coefficient (Wildman–Crippen LogP) is 4.56. The van der Waals surface area contributed by atoms with Crippen LogP contribution in [-0.4, -0.2) is 28.6 Å². The van der Waals surface area contributed by atoms with Gasteiger partial charge in [0.15, 0.2) is 12.2 Å². The zero-order valence-electron chi connectivity index (χ0n) is 15.1. The lowest BCUT2D eigenvalue weighted by molar-refractivity contribution is -0.135. The quantitative estimate of drug-likeness (QED) is 0.593. The van der Waals surface area contributed by atoms with Crippen LogP contribution in [0.25, 0.3) is 11.1 Å². The number of rotatable bonds is 6. The second-order valence-corrected chi connectivity index (χ2v) is 8.60. The van der Waals surface area contributed by atoms with Crippen LogP contribution in [0.2, 0.25) is 10.0 Å². The summed E-state index contributed by atoms with van der Waals surface area (Å²) in [7, 11) is 0. The third-order valence-electron chi connectivity index (χ3n) is 5.42. The zero-order chi connectivity index (χ0) is 20.2. The Morgan fingerprint density at radius 1 is 1.17 bits per heavy atom. The van der Waals surface area contributed by atoms with Crippen LogP contribution < -0.4 is 15.4 Å². The van der Waals surface area contributed by atoms with E-state index < -0.39 is 5.82 Å². The molecule has 0 aliphatic heterocycles. The fraction of sp³-hybridized carbons (Fsp3) is 0.300. The van der Waals surface area contributed by atoms with Crippen molar-refractivity contribution < 1.29 is 18.3 Å². The summed E-state index contributed by atoms with van der Waals surface area (Å²) in [5, 5.41) is 6.96. The number of hydrogen-bond donors (Lipinski definition) is 2. The average molecular weight is 436 g/mol. The van der Waals surface area contributed by atoms with Gasteiger partial charge in [0.05, 0.1) is 5.02 Å².